The maximum atomic E-state index is 11.6. The van der Waals surface area contributed by atoms with Crippen molar-refractivity contribution in [2.24, 2.45) is 0 Å². The Bertz CT molecular complexity index is 335. The first kappa shape index (κ1) is 11.5. The summed E-state index contributed by atoms with van der Waals surface area (Å²) in [5.74, 6) is 0.0638. The van der Waals surface area contributed by atoms with Crippen LogP contribution in [0.4, 0.5) is 0 Å². The lowest BCUT2D eigenvalue weighted by molar-refractivity contribution is -0.121. The Labute approximate surface area is 99.5 Å². The van der Waals surface area contributed by atoms with E-state index in [4.69, 9.17) is 0 Å². The van der Waals surface area contributed by atoms with Crippen LogP contribution in [0.25, 0.3) is 0 Å². The number of hydrogen-bond acceptors (Lipinski definition) is 4. The van der Waals surface area contributed by atoms with Crippen LogP contribution in [0, 0.1) is 0 Å². The van der Waals surface area contributed by atoms with Crippen molar-refractivity contribution < 1.29 is 4.79 Å². The number of amides is 1. The van der Waals surface area contributed by atoms with Crippen molar-refractivity contribution in [2.75, 3.05) is 6.54 Å². The second-order valence-corrected chi connectivity index (χ2v) is 4.98. The highest BCUT2D eigenvalue weighted by Crippen LogP contribution is 2.19. The van der Waals surface area contributed by atoms with E-state index in [9.17, 15) is 4.79 Å². The van der Waals surface area contributed by atoms with Gasteiger partial charge in [0.15, 0.2) is 0 Å². The molecule has 1 aliphatic carbocycles. The van der Waals surface area contributed by atoms with Crippen LogP contribution >= 0.6 is 11.3 Å². The molecule has 1 heterocycles. The monoisotopic (exact) mass is 239 g/mol. The summed E-state index contributed by atoms with van der Waals surface area (Å²) >= 11 is 1.59. The third kappa shape index (κ3) is 3.28. The molecule has 16 heavy (non-hydrogen) atoms. The molecule has 1 unspecified atom stereocenters. The maximum Gasteiger partial charge on any atom is 0.234 e. The fourth-order valence-corrected chi connectivity index (χ4v) is 2.29. The third-order valence-corrected chi connectivity index (χ3v) is 3.51. The molecule has 4 nitrogen and oxygen atoms in total. The number of nitrogens with one attached hydrogen (secondary N) is 2. The van der Waals surface area contributed by atoms with E-state index >= 15 is 0 Å². The van der Waals surface area contributed by atoms with Gasteiger partial charge >= 0.3 is 0 Å². The Morgan fingerprint density at radius 3 is 3.06 bits per heavy atom. The van der Waals surface area contributed by atoms with E-state index < -0.39 is 0 Å². The number of carbonyl (C=O) groups is 1. The molecule has 88 valence electrons. The van der Waals surface area contributed by atoms with E-state index in [1.165, 1.54) is 12.8 Å². The first-order valence-corrected chi connectivity index (χ1v) is 6.59. The largest absolute Gasteiger partial charge is 0.346 e. The van der Waals surface area contributed by atoms with Gasteiger partial charge in [0.1, 0.15) is 5.01 Å². The lowest BCUT2D eigenvalue weighted by Gasteiger charge is -2.14. The quantitative estimate of drug-likeness (QED) is 0.790. The molecule has 0 spiro atoms. The highest BCUT2D eigenvalue weighted by atomic mass is 32.1. The fourth-order valence-electron chi connectivity index (χ4n) is 1.51. The van der Waals surface area contributed by atoms with E-state index in [2.05, 4.69) is 22.5 Å². The number of rotatable bonds is 6. The van der Waals surface area contributed by atoms with Gasteiger partial charge in [-0.15, -0.1) is 11.3 Å². The first-order valence-electron chi connectivity index (χ1n) is 5.71. The van der Waals surface area contributed by atoms with Crippen LogP contribution in [-0.4, -0.2) is 23.5 Å². The molecule has 1 fully saturated rings. The predicted octanol–water partition coefficient (Wildman–Crippen LogP) is 1.46. The minimum absolute atomic E-state index is 0.0634. The van der Waals surface area contributed by atoms with Crippen molar-refractivity contribution >= 4 is 17.2 Å². The number of nitrogens with zero attached hydrogens (tertiary/aromatic N) is 1. The Kier molecular flexibility index (Phi) is 3.90. The lowest BCUT2D eigenvalue weighted by atomic mass is 10.2. The molecule has 0 aromatic carbocycles. The van der Waals surface area contributed by atoms with Gasteiger partial charge in [0.2, 0.25) is 5.91 Å². The highest BCUT2D eigenvalue weighted by Gasteiger charge is 2.22. The predicted molar refractivity (Wildman–Crippen MR) is 64.3 cm³/mol. The molecule has 1 amide bonds. The maximum absolute atomic E-state index is 11.6. The number of aromatic nitrogens is 1. The lowest BCUT2D eigenvalue weighted by Crippen LogP contribution is -2.36. The topological polar surface area (TPSA) is 54.0 Å². The van der Waals surface area contributed by atoms with Crippen LogP contribution in [0.1, 0.15) is 37.2 Å². The molecule has 2 N–H and O–H groups in total. The average Bonchev–Trinajstić information content (AvgIpc) is 2.97. The summed E-state index contributed by atoms with van der Waals surface area (Å²) in [4.78, 5) is 15.9. The van der Waals surface area contributed by atoms with E-state index in [1.807, 2.05) is 5.38 Å². The van der Waals surface area contributed by atoms with Gasteiger partial charge in [-0.2, -0.15) is 0 Å². The van der Waals surface area contributed by atoms with Gasteiger partial charge in [0.05, 0.1) is 12.6 Å². The smallest absolute Gasteiger partial charge is 0.234 e. The summed E-state index contributed by atoms with van der Waals surface area (Å²) in [5.41, 5.74) is 0. The van der Waals surface area contributed by atoms with Crippen LogP contribution in [-0.2, 0) is 4.79 Å². The summed E-state index contributed by atoms with van der Waals surface area (Å²) < 4.78 is 0. The first-order chi connectivity index (χ1) is 7.79. The molecule has 1 aromatic heterocycles. The van der Waals surface area contributed by atoms with Crippen molar-refractivity contribution in [2.45, 2.75) is 38.3 Å². The van der Waals surface area contributed by atoms with Gasteiger partial charge in [-0.1, -0.05) is 6.92 Å². The Hall–Kier alpha value is -0.940. The minimum Gasteiger partial charge on any atom is -0.346 e. The molecule has 0 aliphatic heterocycles. The SMILES string of the molecule is CCC(NC(=O)CNC1CC1)c1nccs1. The van der Waals surface area contributed by atoms with Gasteiger partial charge in [0, 0.05) is 17.6 Å². The molecule has 0 bridgehead atoms. The zero-order chi connectivity index (χ0) is 11.4. The molecule has 0 radical (unpaired) electrons. The Morgan fingerprint density at radius 1 is 1.69 bits per heavy atom. The van der Waals surface area contributed by atoms with Crippen molar-refractivity contribution in [1.29, 1.82) is 0 Å². The zero-order valence-electron chi connectivity index (χ0n) is 9.40. The Balaban J connectivity index is 1.78. The molecule has 5 heteroatoms. The molecular formula is C11H17N3OS. The van der Waals surface area contributed by atoms with Crippen LogP contribution in [0.15, 0.2) is 11.6 Å². The third-order valence-electron chi connectivity index (χ3n) is 2.62. The van der Waals surface area contributed by atoms with Gasteiger partial charge in [0.25, 0.3) is 0 Å². The standard InChI is InChI=1S/C11H17N3OS/c1-2-9(11-12-5-6-16-11)14-10(15)7-13-8-3-4-8/h5-6,8-9,13H,2-4,7H2,1H3,(H,14,15). The molecule has 0 saturated heterocycles. The highest BCUT2D eigenvalue weighted by molar-refractivity contribution is 7.09. The van der Waals surface area contributed by atoms with Crippen LogP contribution < -0.4 is 10.6 Å². The molecule has 2 rings (SSSR count). The van der Waals surface area contributed by atoms with Gasteiger partial charge in [-0.25, -0.2) is 4.98 Å². The molecule has 1 atom stereocenters. The van der Waals surface area contributed by atoms with Gasteiger partial charge in [-0.05, 0) is 19.3 Å². The summed E-state index contributed by atoms with van der Waals surface area (Å²) in [6.07, 6.45) is 5.06. The van der Waals surface area contributed by atoms with Crippen LogP contribution in [0.2, 0.25) is 0 Å². The number of thiazole rings is 1. The molecular weight excluding hydrogens is 222 g/mol. The van der Waals surface area contributed by atoms with E-state index in [1.54, 1.807) is 17.5 Å². The van der Waals surface area contributed by atoms with Gasteiger partial charge in [-0.3, -0.25) is 4.79 Å². The van der Waals surface area contributed by atoms with E-state index in [0.717, 1.165) is 11.4 Å². The van der Waals surface area contributed by atoms with Gasteiger partial charge < -0.3 is 10.6 Å². The summed E-state index contributed by atoms with van der Waals surface area (Å²) in [7, 11) is 0. The average molecular weight is 239 g/mol. The van der Waals surface area contributed by atoms with E-state index in [0.29, 0.717) is 12.6 Å². The second kappa shape index (κ2) is 5.41. The van der Waals surface area contributed by atoms with Crippen LogP contribution in [0.3, 0.4) is 0 Å². The van der Waals surface area contributed by atoms with Crippen molar-refractivity contribution in [3.8, 4) is 0 Å². The second-order valence-electron chi connectivity index (χ2n) is 4.05. The van der Waals surface area contributed by atoms with Crippen molar-refractivity contribution in [1.82, 2.24) is 15.6 Å². The normalized spacial score (nSPS) is 17.1. The summed E-state index contributed by atoms with van der Waals surface area (Å²) in [5, 5.41) is 9.13. The molecule has 1 saturated carbocycles. The fraction of sp³-hybridized carbons (Fsp3) is 0.636. The number of hydrogen-bond donors (Lipinski definition) is 2. The summed E-state index contributed by atoms with van der Waals surface area (Å²) in [6, 6.07) is 0.638. The van der Waals surface area contributed by atoms with Crippen molar-refractivity contribution in [3.63, 3.8) is 0 Å². The van der Waals surface area contributed by atoms with Crippen LogP contribution in [0.5, 0.6) is 0 Å². The molecule has 1 aromatic rings. The number of carbonyl (C=O) groups excluding carboxylic acids is 1. The minimum atomic E-state index is 0.0634. The summed E-state index contributed by atoms with van der Waals surface area (Å²) in [6.45, 7) is 2.48. The Morgan fingerprint density at radius 2 is 2.50 bits per heavy atom. The molecule has 1 aliphatic rings. The van der Waals surface area contributed by atoms with E-state index in [-0.39, 0.29) is 11.9 Å². The van der Waals surface area contributed by atoms with Crippen molar-refractivity contribution in [3.05, 3.63) is 16.6 Å². The zero-order valence-corrected chi connectivity index (χ0v) is 10.2.